The lowest BCUT2D eigenvalue weighted by molar-refractivity contribution is 0.346. The van der Waals surface area contributed by atoms with Gasteiger partial charge in [-0.25, -0.2) is 13.4 Å². The molecule has 3 N–H and O–H groups in total. The van der Waals surface area contributed by atoms with Crippen LogP contribution in [0.5, 0.6) is 0 Å². The molecule has 0 aliphatic carbocycles. The minimum absolute atomic E-state index is 0.341. The molecule has 1 aromatic carbocycles. The lowest BCUT2D eigenvalue weighted by atomic mass is 10.1. The summed E-state index contributed by atoms with van der Waals surface area (Å²) in [6.07, 6.45) is 3.99. The second kappa shape index (κ2) is 9.20. The molecular formula is C18H30N4O2S. The van der Waals surface area contributed by atoms with Crippen LogP contribution in [0, 0.1) is 5.92 Å². The van der Waals surface area contributed by atoms with Gasteiger partial charge in [0.25, 0.3) is 0 Å². The molecule has 140 valence electrons. The molecule has 2 rings (SSSR count). The first-order valence-electron chi connectivity index (χ1n) is 9.02. The van der Waals surface area contributed by atoms with Gasteiger partial charge in [-0.15, -0.1) is 0 Å². The summed E-state index contributed by atoms with van der Waals surface area (Å²) in [5.74, 6) is 1.00. The molecule has 0 bridgehead atoms. The van der Waals surface area contributed by atoms with Crippen molar-refractivity contribution in [1.29, 1.82) is 0 Å². The third-order valence-electron chi connectivity index (χ3n) is 4.31. The highest BCUT2D eigenvalue weighted by molar-refractivity contribution is 7.89. The SMILES string of the molecule is CC(C)CCNC(N)=NCc1cccc(S(=O)(=O)N2CCCCC2)c1. The highest BCUT2D eigenvalue weighted by Crippen LogP contribution is 2.21. The third kappa shape index (κ3) is 6.01. The van der Waals surface area contributed by atoms with E-state index in [2.05, 4.69) is 24.2 Å². The second-order valence-corrected chi connectivity index (χ2v) is 8.86. The molecule has 1 aliphatic heterocycles. The number of nitrogens with two attached hydrogens (primary N) is 1. The quantitative estimate of drug-likeness (QED) is 0.572. The van der Waals surface area contributed by atoms with E-state index in [9.17, 15) is 8.42 Å². The fourth-order valence-electron chi connectivity index (χ4n) is 2.78. The van der Waals surface area contributed by atoms with E-state index in [1.54, 1.807) is 22.5 Å². The predicted octanol–water partition coefficient (Wildman–Crippen LogP) is 2.31. The Kier molecular flexibility index (Phi) is 7.25. The van der Waals surface area contributed by atoms with Crippen LogP contribution in [0.3, 0.4) is 0 Å². The van der Waals surface area contributed by atoms with Crippen LogP contribution >= 0.6 is 0 Å². The van der Waals surface area contributed by atoms with Gasteiger partial charge < -0.3 is 11.1 Å². The maximum absolute atomic E-state index is 12.7. The Labute approximate surface area is 151 Å². The van der Waals surface area contributed by atoms with Gasteiger partial charge in [-0.05, 0) is 42.9 Å². The van der Waals surface area contributed by atoms with Crippen LogP contribution < -0.4 is 11.1 Å². The van der Waals surface area contributed by atoms with E-state index in [1.807, 2.05) is 6.07 Å². The molecule has 0 radical (unpaired) electrons. The average Bonchev–Trinajstić information content (AvgIpc) is 2.60. The first-order valence-corrected chi connectivity index (χ1v) is 10.5. The molecule has 1 saturated heterocycles. The van der Waals surface area contributed by atoms with E-state index in [0.29, 0.717) is 36.4 Å². The molecule has 25 heavy (non-hydrogen) atoms. The molecule has 0 atom stereocenters. The summed E-state index contributed by atoms with van der Waals surface area (Å²) in [4.78, 5) is 4.64. The number of nitrogens with one attached hydrogen (secondary N) is 1. The van der Waals surface area contributed by atoms with Crippen molar-refractivity contribution < 1.29 is 8.42 Å². The molecule has 6 nitrogen and oxygen atoms in total. The monoisotopic (exact) mass is 366 g/mol. The van der Waals surface area contributed by atoms with E-state index in [1.165, 1.54) is 0 Å². The zero-order valence-corrected chi connectivity index (χ0v) is 16.1. The normalized spacial score (nSPS) is 17.0. The van der Waals surface area contributed by atoms with Crippen LogP contribution in [0.15, 0.2) is 34.2 Å². The second-order valence-electron chi connectivity index (χ2n) is 6.92. The zero-order chi connectivity index (χ0) is 18.3. The minimum Gasteiger partial charge on any atom is -0.370 e. The van der Waals surface area contributed by atoms with Crippen LogP contribution in [0.2, 0.25) is 0 Å². The highest BCUT2D eigenvalue weighted by atomic mass is 32.2. The van der Waals surface area contributed by atoms with Crippen molar-refractivity contribution in [3.63, 3.8) is 0 Å². The topological polar surface area (TPSA) is 87.8 Å². The van der Waals surface area contributed by atoms with Gasteiger partial charge in [0.15, 0.2) is 5.96 Å². The number of piperidine rings is 1. The van der Waals surface area contributed by atoms with Crippen molar-refractivity contribution >= 4 is 16.0 Å². The van der Waals surface area contributed by atoms with Gasteiger partial charge in [0, 0.05) is 19.6 Å². The number of sulfonamides is 1. The molecule has 0 saturated carbocycles. The standard InChI is InChI=1S/C18H30N4O2S/c1-15(2)9-10-20-18(19)21-14-16-7-6-8-17(13-16)25(23,24)22-11-4-3-5-12-22/h6-8,13,15H,3-5,9-12,14H2,1-2H3,(H3,19,20,21). The number of benzene rings is 1. The molecule has 0 spiro atoms. The summed E-state index contributed by atoms with van der Waals surface area (Å²) in [7, 11) is -3.41. The van der Waals surface area contributed by atoms with E-state index in [4.69, 9.17) is 5.73 Å². The Morgan fingerprint density at radius 2 is 2.00 bits per heavy atom. The summed E-state index contributed by atoms with van der Waals surface area (Å²) in [5, 5.41) is 3.08. The number of hydrogen-bond acceptors (Lipinski definition) is 3. The van der Waals surface area contributed by atoms with E-state index < -0.39 is 10.0 Å². The highest BCUT2D eigenvalue weighted by Gasteiger charge is 2.25. The summed E-state index contributed by atoms with van der Waals surface area (Å²) < 4.78 is 27.1. The summed E-state index contributed by atoms with van der Waals surface area (Å²) >= 11 is 0. The largest absolute Gasteiger partial charge is 0.370 e. The third-order valence-corrected chi connectivity index (χ3v) is 6.21. The Morgan fingerprint density at radius 1 is 1.28 bits per heavy atom. The lowest BCUT2D eigenvalue weighted by Crippen LogP contribution is -2.35. The number of nitrogens with zero attached hydrogens (tertiary/aromatic N) is 2. The fourth-order valence-corrected chi connectivity index (χ4v) is 4.37. The molecule has 0 aromatic heterocycles. The minimum atomic E-state index is -3.41. The van der Waals surface area contributed by atoms with Crippen LogP contribution in [-0.2, 0) is 16.6 Å². The lowest BCUT2D eigenvalue weighted by Gasteiger charge is -2.26. The molecular weight excluding hydrogens is 336 g/mol. The van der Waals surface area contributed by atoms with Gasteiger partial charge in [-0.1, -0.05) is 32.4 Å². The van der Waals surface area contributed by atoms with E-state index in [0.717, 1.165) is 37.8 Å². The van der Waals surface area contributed by atoms with Crippen molar-refractivity contribution in [2.45, 2.75) is 51.0 Å². The summed E-state index contributed by atoms with van der Waals surface area (Å²) in [6.45, 7) is 6.68. The number of guanidine groups is 1. The molecule has 1 aliphatic rings. The smallest absolute Gasteiger partial charge is 0.243 e. The Balaban J connectivity index is 2.00. The maximum atomic E-state index is 12.7. The molecule has 0 unspecified atom stereocenters. The van der Waals surface area contributed by atoms with Gasteiger partial charge in [0.2, 0.25) is 10.0 Å². The van der Waals surface area contributed by atoms with Crippen LogP contribution in [0.4, 0.5) is 0 Å². The van der Waals surface area contributed by atoms with Crippen molar-refractivity contribution in [3.8, 4) is 0 Å². The van der Waals surface area contributed by atoms with E-state index in [-0.39, 0.29) is 0 Å². The van der Waals surface area contributed by atoms with Gasteiger partial charge in [0.1, 0.15) is 0 Å². The first kappa shape index (κ1) is 19.7. The maximum Gasteiger partial charge on any atom is 0.243 e. The number of hydrogen-bond donors (Lipinski definition) is 2. The predicted molar refractivity (Wildman–Crippen MR) is 102 cm³/mol. The van der Waals surface area contributed by atoms with Crippen molar-refractivity contribution in [2.24, 2.45) is 16.6 Å². The fraction of sp³-hybridized carbons (Fsp3) is 0.611. The van der Waals surface area contributed by atoms with Gasteiger partial charge in [-0.2, -0.15) is 4.31 Å². The Bertz CT molecular complexity index is 680. The Morgan fingerprint density at radius 3 is 2.68 bits per heavy atom. The zero-order valence-electron chi connectivity index (χ0n) is 15.2. The molecule has 1 heterocycles. The number of rotatable bonds is 7. The Hall–Kier alpha value is -1.60. The van der Waals surface area contributed by atoms with Crippen molar-refractivity contribution in [1.82, 2.24) is 9.62 Å². The molecule has 0 amide bonds. The molecule has 1 aromatic rings. The van der Waals surface area contributed by atoms with Gasteiger partial charge in [-0.3, -0.25) is 0 Å². The number of aliphatic imine (C=N–C) groups is 1. The van der Waals surface area contributed by atoms with E-state index >= 15 is 0 Å². The van der Waals surface area contributed by atoms with Gasteiger partial charge >= 0.3 is 0 Å². The van der Waals surface area contributed by atoms with Crippen LogP contribution in [-0.4, -0.2) is 38.3 Å². The van der Waals surface area contributed by atoms with Crippen LogP contribution in [0.1, 0.15) is 45.1 Å². The van der Waals surface area contributed by atoms with Gasteiger partial charge in [0.05, 0.1) is 11.4 Å². The molecule has 7 heteroatoms. The first-order chi connectivity index (χ1) is 11.9. The summed E-state index contributed by atoms with van der Waals surface area (Å²) in [6, 6.07) is 7.00. The van der Waals surface area contributed by atoms with Crippen molar-refractivity contribution in [3.05, 3.63) is 29.8 Å². The summed E-state index contributed by atoms with van der Waals surface area (Å²) in [5.41, 5.74) is 6.70. The average molecular weight is 367 g/mol. The molecule has 1 fully saturated rings. The van der Waals surface area contributed by atoms with Crippen LogP contribution in [0.25, 0.3) is 0 Å². The van der Waals surface area contributed by atoms with Crippen molar-refractivity contribution in [2.75, 3.05) is 19.6 Å².